The maximum atomic E-state index is 12.1. The fourth-order valence-electron chi connectivity index (χ4n) is 1.88. The Balaban J connectivity index is 2.16. The van der Waals surface area contributed by atoms with Crippen LogP contribution in [0.1, 0.15) is 15.9 Å². The van der Waals surface area contributed by atoms with Crippen LogP contribution in [0.4, 0.5) is 0 Å². The first kappa shape index (κ1) is 18.6. The van der Waals surface area contributed by atoms with Crippen molar-refractivity contribution in [2.24, 2.45) is 5.10 Å². The highest BCUT2D eigenvalue weighted by atomic mass is 79.9. The van der Waals surface area contributed by atoms with E-state index in [0.717, 1.165) is 4.47 Å². The third kappa shape index (κ3) is 4.41. The van der Waals surface area contributed by atoms with Gasteiger partial charge in [-0.05, 0) is 40.2 Å². The first-order valence-electron chi connectivity index (χ1n) is 6.66. The Kier molecular flexibility index (Phi) is 6.48. The molecular formula is C16H13BrCl2N2O3. The molecule has 0 aliphatic heterocycles. The molecule has 0 aromatic heterocycles. The van der Waals surface area contributed by atoms with Gasteiger partial charge in [0.2, 0.25) is 0 Å². The lowest BCUT2D eigenvalue weighted by atomic mass is 10.2. The van der Waals surface area contributed by atoms with E-state index in [-0.39, 0.29) is 10.6 Å². The van der Waals surface area contributed by atoms with Gasteiger partial charge in [-0.2, -0.15) is 5.10 Å². The Bertz CT molecular complexity index is 797. The average molecular weight is 432 g/mol. The van der Waals surface area contributed by atoms with Crippen LogP contribution in [0.3, 0.4) is 0 Å². The number of carbonyl (C=O) groups is 1. The molecule has 0 unspecified atom stereocenters. The topological polar surface area (TPSA) is 59.9 Å². The van der Waals surface area contributed by atoms with Gasteiger partial charge in [0.1, 0.15) is 11.5 Å². The lowest BCUT2D eigenvalue weighted by Gasteiger charge is -2.09. The number of hydrazone groups is 1. The van der Waals surface area contributed by atoms with Crippen LogP contribution in [-0.4, -0.2) is 26.3 Å². The van der Waals surface area contributed by atoms with Gasteiger partial charge in [-0.3, -0.25) is 4.79 Å². The first-order chi connectivity index (χ1) is 11.5. The monoisotopic (exact) mass is 430 g/mol. The van der Waals surface area contributed by atoms with Crippen molar-refractivity contribution in [2.75, 3.05) is 14.2 Å². The minimum Gasteiger partial charge on any atom is -0.496 e. The zero-order valence-electron chi connectivity index (χ0n) is 12.8. The molecule has 0 aliphatic rings. The van der Waals surface area contributed by atoms with Crippen LogP contribution in [0, 0.1) is 0 Å². The smallest absolute Gasteiger partial charge is 0.272 e. The SMILES string of the molecule is COc1cc(OC)c(C=NNC(=O)c2ccc(Cl)cc2Cl)cc1Br. The third-order valence-electron chi connectivity index (χ3n) is 3.05. The predicted octanol–water partition coefficient (Wildman–Crippen LogP) is 4.54. The van der Waals surface area contributed by atoms with Gasteiger partial charge in [-0.1, -0.05) is 23.2 Å². The summed E-state index contributed by atoms with van der Waals surface area (Å²) < 4.78 is 11.2. The second kappa shape index (κ2) is 8.37. The molecule has 1 amide bonds. The van der Waals surface area contributed by atoms with Crippen molar-refractivity contribution in [1.82, 2.24) is 5.43 Å². The zero-order chi connectivity index (χ0) is 17.7. The summed E-state index contributed by atoms with van der Waals surface area (Å²) in [6.07, 6.45) is 1.46. The Morgan fingerprint density at radius 2 is 1.88 bits per heavy atom. The molecule has 0 aliphatic carbocycles. The summed E-state index contributed by atoms with van der Waals surface area (Å²) in [5.74, 6) is 0.734. The quantitative estimate of drug-likeness (QED) is 0.558. The van der Waals surface area contributed by atoms with Gasteiger partial charge in [0.05, 0.1) is 35.5 Å². The number of methoxy groups -OCH3 is 2. The number of nitrogens with zero attached hydrogens (tertiary/aromatic N) is 1. The molecular weight excluding hydrogens is 419 g/mol. The van der Waals surface area contributed by atoms with Crippen molar-refractivity contribution in [3.63, 3.8) is 0 Å². The minimum absolute atomic E-state index is 0.250. The van der Waals surface area contributed by atoms with Gasteiger partial charge in [0, 0.05) is 16.7 Å². The summed E-state index contributed by atoms with van der Waals surface area (Å²) in [5.41, 5.74) is 3.35. The molecule has 0 radical (unpaired) electrons. The third-order valence-corrected chi connectivity index (χ3v) is 4.22. The number of amides is 1. The molecule has 1 N–H and O–H groups in total. The summed E-state index contributed by atoms with van der Waals surface area (Å²) in [6.45, 7) is 0. The molecule has 0 heterocycles. The Labute approximate surface area is 157 Å². The second-order valence-corrected chi connectivity index (χ2v) is 6.25. The van der Waals surface area contributed by atoms with E-state index < -0.39 is 5.91 Å². The molecule has 5 nitrogen and oxygen atoms in total. The highest BCUT2D eigenvalue weighted by Crippen LogP contribution is 2.31. The minimum atomic E-state index is -0.445. The number of rotatable bonds is 5. The predicted molar refractivity (Wildman–Crippen MR) is 98.8 cm³/mol. The van der Waals surface area contributed by atoms with E-state index in [1.54, 1.807) is 25.3 Å². The van der Waals surface area contributed by atoms with Crippen LogP contribution in [0.5, 0.6) is 11.5 Å². The van der Waals surface area contributed by atoms with Gasteiger partial charge >= 0.3 is 0 Å². The van der Waals surface area contributed by atoms with Crippen LogP contribution >= 0.6 is 39.1 Å². The van der Waals surface area contributed by atoms with Crippen molar-refractivity contribution in [3.8, 4) is 11.5 Å². The fraction of sp³-hybridized carbons (Fsp3) is 0.125. The second-order valence-electron chi connectivity index (χ2n) is 4.55. The van der Waals surface area contributed by atoms with E-state index in [0.29, 0.717) is 22.1 Å². The number of hydrogen-bond acceptors (Lipinski definition) is 4. The van der Waals surface area contributed by atoms with Crippen molar-refractivity contribution in [2.45, 2.75) is 0 Å². The number of hydrogen-bond donors (Lipinski definition) is 1. The number of halogens is 3. The van der Waals surface area contributed by atoms with Gasteiger partial charge in [-0.15, -0.1) is 0 Å². The number of benzene rings is 2. The van der Waals surface area contributed by atoms with E-state index in [9.17, 15) is 4.79 Å². The standard InChI is InChI=1S/C16H13BrCl2N2O3/c1-23-14-7-15(24-2)12(17)5-9(14)8-20-21-16(22)11-4-3-10(18)6-13(11)19/h3-8H,1-2H3,(H,21,22). The van der Waals surface area contributed by atoms with Gasteiger partial charge in [-0.25, -0.2) is 5.43 Å². The Morgan fingerprint density at radius 1 is 1.17 bits per heavy atom. The Morgan fingerprint density at radius 3 is 2.50 bits per heavy atom. The summed E-state index contributed by atoms with van der Waals surface area (Å²) in [6, 6.07) is 8.08. The molecule has 0 spiro atoms. The van der Waals surface area contributed by atoms with Gasteiger partial charge in [0.25, 0.3) is 5.91 Å². The normalized spacial score (nSPS) is 10.7. The highest BCUT2D eigenvalue weighted by molar-refractivity contribution is 9.10. The lowest BCUT2D eigenvalue weighted by molar-refractivity contribution is 0.0955. The van der Waals surface area contributed by atoms with Crippen molar-refractivity contribution in [3.05, 3.63) is 56.0 Å². The summed E-state index contributed by atoms with van der Waals surface area (Å²) in [7, 11) is 3.09. The van der Waals surface area contributed by atoms with E-state index >= 15 is 0 Å². The van der Waals surface area contributed by atoms with Crippen LogP contribution in [0.25, 0.3) is 0 Å². The maximum Gasteiger partial charge on any atom is 0.272 e. The molecule has 0 saturated carbocycles. The van der Waals surface area contributed by atoms with E-state index in [2.05, 4.69) is 26.5 Å². The molecule has 24 heavy (non-hydrogen) atoms. The largest absolute Gasteiger partial charge is 0.496 e. The molecule has 0 bridgehead atoms. The van der Waals surface area contributed by atoms with Crippen LogP contribution < -0.4 is 14.9 Å². The summed E-state index contributed by atoms with van der Waals surface area (Å²) >= 11 is 15.2. The molecule has 0 fully saturated rings. The van der Waals surface area contributed by atoms with E-state index in [1.165, 1.54) is 25.5 Å². The fourth-order valence-corrected chi connectivity index (χ4v) is 2.90. The van der Waals surface area contributed by atoms with Crippen LogP contribution in [0.2, 0.25) is 10.0 Å². The average Bonchev–Trinajstić information content (AvgIpc) is 2.55. The van der Waals surface area contributed by atoms with Crippen molar-refractivity contribution < 1.29 is 14.3 Å². The number of carbonyl (C=O) groups excluding carboxylic acids is 1. The molecule has 2 rings (SSSR count). The molecule has 0 atom stereocenters. The number of nitrogens with one attached hydrogen (secondary N) is 1. The summed E-state index contributed by atoms with van der Waals surface area (Å²) in [4.78, 5) is 12.1. The Hall–Kier alpha value is -1.76. The van der Waals surface area contributed by atoms with Gasteiger partial charge in [0.15, 0.2) is 0 Å². The van der Waals surface area contributed by atoms with E-state index in [1.807, 2.05) is 0 Å². The molecule has 8 heteroatoms. The van der Waals surface area contributed by atoms with Crippen molar-refractivity contribution >= 4 is 51.3 Å². The maximum absolute atomic E-state index is 12.1. The first-order valence-corrected chi connectivity index (χ1v) is 8.21. The molecule has 2 aromatic carbocycles. The molecule has 2 aromatic rings. The summed E-state index contributed by atoms with van der Waals surface area (Å²) in [5, 5.41) is 4.63. The number of ether oxygens (including phenoxy) is 2. The van der Waals surface area contributed by atoms with E-state index in [4.69, 9.17) is 32.7 Å². The molecule has 126 valence electrons. The van der Waals surface area contributed by atoms with Gasteiger partial charge < -0.3 is 9.47 Å². The van der Waals surface area contributed by atoms with Crippen molar-refractivity contribution in [1.29, 1.82) is 0 Å². The lowest BCUT2D eigenvalue weighted by Crippen LogP contribution is -2.18. The van der Waals surface area contributed by atoms with Crippen LogP contribution in [0.15, 0.2) is 39.9 Å². The molecule has 0 saturated heterocycles. The highest BCUT2D eigenvalue weighted by Gasteiger charge is 2.11. The van der Waals surface area contributed by atoms with Crippen LogP contribution in [-0.2, 0) is 0 Å². The zero-order valence-corrected chi connectivity index (χ0v) is 15.9.